The molecule has 1 aromatic carbocycles. The predicted octanol–water partition coefficient (Wildman–Crippen LogP) is 4.57. The summed E-state index contributed by atoms with van der Waals surface area (Å²) in [6.07, 6.45) is 1.45. The molecule has 1 saturated heterocycles. The SMILES string of the molecule is COC(=O)c1ccc(CN2C(=O)SC(=Cc3ccc(-c4cccc(C(=O)O)c4C)o3)C2=O)o1. The van der Waals surface area contributed by atoms with Crippen molar-refractivity contribution in [3.8, 4) is 11.3 Å². The van der Waals surface area contributed by atoms with Gasteiger partial charge in [-0.05, 0) is 54.6 Å². The fourth-order valence-electron chi connectivity index (χ4n) is 3.30. The number of esters is 1. The number of carboxylic acid groups (broad SMARTS) is 1. The van der Waals surface area contributed by atoms with Gasteiger partial charge in [-0.15, -0.1) is 0 Å². The van der Waals surface area contributed by atoms with Crippen molar-refractivity contribution in [1.29, 1.82) is 0 Å². The molecule has 0 atom stereocenters. The molecule has 1 aliphatic heterocycles. The first kappa shape index (κ1) is 22.2. The van der Waals surface area contributed by atoms with Gasteiger partial charge in [-0.25, -0.2) is 9.59 Å². The van der Waals surface area contributed by atoms with Crippen molar-refractivity contribution in [2.75, 3.05) is 7.11 Å². The summed E-state index contributed by atoms with van der Waals surface area (Å²) in [6.45, 7) is 1.55. The minimum Gasteiger partial charge on any atom is -0.478 e. The smallest absolute Gasteiger partial charge is 0.373 e. The van der Waals surface area contributed by atoms with E-state index in [0.29, 0.717) is 22.6 Å². The summed E-state index contributed by atoms with van der Waals surface area (Å²) in [4.78, 5) is 49.2. The number of furan rings is 2. The van der Waals surface area contributed by atoms with Crippen molar-refractivity contribution in [3.63, 3.8) is 0 Å². The first-order chi connectivity index (χ1) is 15.8. The lowest BCUT2D eigenvalue weighted by atomic mass is 10.0. The second-order valence-corrected chi connectivity index (χ2v) is 8.00. The molecule has 1 fully saturated rings. The van der Waals surface area contributed by atoms with Crippen LogP contribution in [-0.4, -0.2) is 40.2 Å². The van der Waals surface area contributed by atoms with E-state index in [9.17, 15) is 24.3 Å². The number of thioether (sulfide) groups is 1. The maximum absolute atomic E-state index is 12.7. The molecule has 0 aliphatic carbocycles. The van der Waals surface area contributed by atoms with E-state index in [1.54, 1.807) is 31.2 Å². The Morgan fingerprint density at radius 1 is 1.12 bits per heavy atom. The fraction of sp³-hybridized carbons (Fsp3) is 0.130. The second-order valence-electron chi connectivity index (χ2n) is 7.01. The molecule has 0 saturated carbocycles. The van der Waals surface area contributed by atoms with E-state index < -0.39 is 23.1 Å². The summed E-state index contributed by atoms with van der Waals surface area (Å²) in [5, 5.41) is 8.82. The van der Waals surface area contributed by atoms with Crippen molar-refractivity contribution in [1.82, 2.24) is 4.90 Å². The molecule has 10 heteroatoms. The van der Waals surface area contributed by atoms with E-state index in [1.165, 1.54) is 31.4 Å². The summed E-state index contributed by atoms with van der Waals surface area (Å²) in [6, 6.07) is 11.1. The lowest BCUT2D eigenvalue weighted by Gasteiger charge is -2.09. The van der Waals surface area contributed by atoms with Gasteiger partial charge in [-0.1, -0.05) is 12.1 Å². The fourth-order valence-corrected chi connectivity index (χ4v) is 4.12. The number of carboxylic acids is 1. The molecule has 0 radical (unpaired) electrons. The van der Waals surface area contributed by atoms with Crippen molar-refractivity contribution < 1.29 is 37.9 Å². The van der Waals surface area contributed by atoms with Crippen LogP contribution in [0.1, 0.15) is 38.0 Å². The van der Waals surface area contributed by atoms with Crippen LogP contribution in [0.15, 0.2) is 56.2 Å². The number of rotatable bonds is 6. The molecule has 1 aliphatic rings. The van der Waals surface area contributed by atoms with Crippen molar-refractivity contribution in [3.05, 3.63) is 75.8 Å². The molecule has 2 aromatic heterocycles. The average molecular weight is 467 g/mol. The van der Waals surface area contributed by atoms with Gasteiger partial charge in [0.2, 0.25) is 5.76 Å². The highest BCUT2D eigenvalue weighted by Gasteiger charge is 2.36. The Labute approximate surface area is 191 Å². The van der Waals surface area contributed by atoms with E-state index in [4.69, 9.17) is 8.83 Å². The monoisotopic (exact) mass is 467 g/mol. The van der Waals surface area contributed by atoms with Gasteiger partial charge in [0.25, 0.3) is 11.1 Å². The Hall–Kier alpha value is -4.05. The number of hydrogen-bond donors (Lipinski definition) is 1. The highest BCUT2D eigenvalue weighted by molar-refractivity contribution is 8.18. The second kappa shape index (κ2) is 8.83. The quantitative estimate of drug-likeness (QED) is 0.409. The summed E-state index contributed by atoms with van der Waals surface area (Å²) in [5.74, 6) is -1.22. The average Bonchev–Trinajstić information content (AvgIpc) is 3.50. The molecule has 2 amide bonds. The number of hydrogen-bond acceptors (Lipinski definition) is 8. The third kappa shape index (κ3) is 4.33. The van der Waals surface area contributed by atoms with Crippen LogP contribution >= 0.6 is 11.8 Å². The maximum Gasteiger partial charge on any atom is 0.373 e. The minimum atomic E-state index is -1.04. The Balaban J connectivity index is 1.53. The highest BCUT2D eigenvalue weighted by atomic mass is 32.2. The molecule has 1 N–H and O–H groups in total. The van der Waals surface area contributed by atoms with Crippen LogP contribution < -0.4 is 0 Å². The Bertz CT molecular complexity index is 1320. The number of ether oxygens (including phenoxy) is 1. The van der Waals surface area contributed by atoms with E-state index in [-0.39, 0.29) is 28.5 Å². The molecule has 9 nitrogen and oxygen atoms in total. The van der Waals surface area contributed by atoms with Crippen LogP contribution in [0, 0.1) is 6.92 Å². The van der Waals surface area contributed by atoms with Crippen molar-refractivity contribution in [2.24, 2.45) is 0 Å². The van der Waals surface area contributed by atoms with Crippen LogP contribution in [0.25, 0.3) is 17.4 Å². The van der Waals surface area contributed by atoms with E-state index >= 15 is 0 Å². The van der Waals surface area contributed by atoms with Gasteiger partial charge in [0.15, 0.2) is 0 Å². The summed E-state index contributed by atoms with van der Waals surface area (Å²) in [7, 11) is 1.22. The molecule has 0 unspecified atom stereocenters. The molecular formula is C23H17NO8S. The predicted molar refractivity (Wildman–Crippen MR) is 117 cm³/mol. The molecule has 0 spiro atoms. The zero-order chi connectivity index (χ0) is 23.7. The Kier molecular flexibility index (Phi) is 5.93. The third-order valence-electron chi connectivity index (χ3n) is 4.97. The largest absolute Gasteiger partial charge is 0.478 e. The van der Waals surface area contributed by atoms with Gasteiger partial charge in [0.1, 0.15) is 17.3 Å². The number of carbonyl (C=O) groups excluding carboxylic acids is 3. The van der Waals surface area contributed by atoms with Crippen molar-refractivity contribution in [2.45, 2.75) is 13.5 Å². The zero-order valence-corrected chi connectivity index (χ0v) is 18.3. The number of nitrogens with zero attached hydrogens (tertiary/aromatic N) is 1. The molecule has 3 aromatic rings. The first-order valence-electron chi connectivity index (χ1n) is 9.64. The summed E-state index contributed by atoms with van der Waals surface area (Å²) >= 11 is 0.756. The minimum absolute atomic E-state index is 0.0274. The Morgan fingerprint density at radius 2 is 1.91 bits per heavy atom. The number of aromatic carboxylic acids is 1. The van der Waals surface area contributed by atoms with E-state index in [2.05, 4.69) is 4.74 Å². The third-order valence-corrected chi connectivity index (χ3v) is 5.87. The van der Waals surface area contributed by atoms with Crippen LogP contribution in [0.5, 0.6) is 0 Å². The van der Waals surface area contributed by atoms with E-state index in [0.717, 1.165) is 16.7 Å². The van der Waals surface area contributed by atoms with Gasteiger partial charge >= 0.3 is 11.9 Å². The zero-order valence-electron chi connectivity index (χ0n) is 17.5. The molecule has 168 valence electrons. The van der Waals surface area contributed by atoms with Crippen LogP contribution in [0.3, 0.4) is 0 Å². The van der Waals surface area contributed by atoms with Gasteiger partial charge in [-0.3, -0.25) is 14.5 Å². The molecular weight excluding hydrogens is 450 g/mol. The number of amides is 2. The number of methoxy groups -OCH3 is 1. The maximum atomic E-state index is 12.7. The van der Waals surface area contributed by atoms with E-state index in [1.807, 2.05) is 0 Å². The molecule has 3 heterocycles. The molecule has 0 bridgehead atoms. The van der Waals surface area contributed by atoms with Crippen LogP contribution in [0.2, 0.25) is 0 Å². The van der Waals surface area contributed by atoms with Gasteiger partial charge in [0.05, 0.1) is 24.1 Å². The number of carbonyl (C=O) groups is 4. The molecule has 33 heavy (non-hydrogen) atoms. The standard InChI is InChI=1S/C23H17NO8S/c1-12-15(4-3-5-16(12)21(26)27)17-8-6-13(31-17)10-19-20(25)24(23(29)33-19)11-14-7-9-18(32-14)22(28)30-2/h3-10H,11H2,1-2H3,(H,26,27). The first-order valence-corrected chi connectivity index (χ1v) is 10.5. The summed E-state index contributed by atoms with van der Waals surface area (Å²) < 4.78 is 15.7. The lowest BCUT2D eigenvalue weighted by Crippen LogP contribution is -2.27. The van der Waals surface area contributed by atoms with Crippen molar-refractivity contribution >= 4 is 40.9 Å². The highest BCUT2D eigenvalue weighted by Crippen LogP contribution is 2.35. The number of imide groups is 1. The van der Waals surface area contributed by atoms with Gasteiger partial charge in [-0.2, -0.15) is 0 Å². The van der Waals surface area contributed by atoms with Gasteiger partial charge < -0.3 is 18.7 Å². The van der Waals surface area contributed by atoms with Crippen LogP contribution in [0.4, 0.5) is 4.79 Å². The summed E-state index contributed by atoms with van der Waals surface area (Å²) in [5.41, 5.74) is 1.33. The normalized spacial score (nSPS) is 14.8. The lowest BCUT2D eigenvalue weighted by molar-refractivity contribution is -0.123. The van der Waals surface area contributed by atoms with Gasteiger partial charge in [0, 0.05) is 11.6 Å². The number of benzene rings is 1. The topological polar surface area (TPSA) is 127 Å². The Morgan fingerprint density at radius 3 is 2.64 bits per heavy atom. The van der Waals surface area contributed by atoms with Crippen LogP contribution in [-0.2, 0) is 16.1 Å². The molecule has 4 rings (SSSR count).